The van der Waals surface area contributed by atoms with Gasteiger partial charge in [-0.25, -0.2) is 4.98 Å². The molecule has 0 fully saturated rings. The van der Waals surface area contributed by atoms with Crippen molar-refractivity contribution in [3.63, 3.8) is 0 Å². The Hall–Kier alpha value is -2.68. The predicted molar refractivity (Wildman–Crippen MR) is 126 cm³/mol. The van der Waals surface area contributed by atoms with Crippen LogP contribution in [0.4, 0.5) is 5.82 Å². The lowest BCUT2D eigenvalue weighted by Crippen LogP contribution is -2.36. The van der Waals surface area contributed by atoms with Gasteiger partial charge in [0.2, 0.25) is 5.91 Å². The van der Waals surface area contributed by atoms with Crippen LogP contribution in [0.25, 0.3) is 0 Å². The van der Waals surface area contributed by atoms with E-state index in [2.05, 4.69) is 27.0 Å². The van der Waals surface area contributed by atoms with E-state index >= 15 is 0 Å². The number of nitrogens with zero attached hydrogens (tertiary/aromatic N) is 2. The number of anilines is 1. The molecule has 0 aliphatic carbocycles. The van der Waals surface area contributed by atoms with Gasteiger partial charge in [-0.2, -0.15) is 0 Å². The first-order valence-corrected chi connectivity index (χ1v) is 12.0. The van der Waals surface area contributed by atoms with E-state index in [0.717, 1.165) is 24.4 Å². The highest BCUT2D eigenvalue weighted by atomic mass is 35.5. The number of amides is 1. The number of rotatable bonds is 7. The third kappa shape index (κ3) is 4.18. The molecule has 0 saturated carbocycles. The largest absolute Gasteiger partial charge is 0.365 e. The minimum atomic E-state index is -0.568. The van der Waals surface area contributed by atoms with E-state index in [-0.39, 0.29) is 22.4 Å². The second-order valence-corrected chi connectivity index (χ2v) is 9.65. The Labute approximate surface area is 194 Å². The number of carbonyl (C=O) groups excluding carboxylic acids is 1. The van der Waals surface area contributed by atoms with Crippen LogP contribution in [0.5, 0.6) is 0 Å². The number of thiophene rings is 1. The normalized spacial score (nSPS) is 16.6. The van der Waals surface area contributed by atoms with Crippen molar-refractivity contribution in [2.24, 2.45) is 0 Å². The van der Waals surface area contributed by atoms with Crippen molar-refractivity contribution in [2.45, 2.75) is 44.9 Å². The summed E-state index contributed by atoms with van der Waals surface area (Å²) in [6, 6.07) is 11.6. The number of hydrogen-bond acceptors (Lipinski definition) is 6. The Morgan fingerprint density at radius 3 is 2.94 bits per heavy atom. The Morgan fingerprint density at radius 1 is 1.28 bits per heavy atom. The number of hydrogen-bond donors (Lipinski definition) is 3. The number of nitrogens with one attached hydrogen (secondary N) is 3. The standard InChI is InChI=1S/C23H24ClN5O2S/c24-20-17-6-7-18(22(30)27-12-16-10-15-11-25-13-19(15)32-16)29(17)23(31)21(28-20)26-9-8-14-4-2-1-3-5-14/h1-5,10,18,25H,6-9,11-13H2,(H,26,28)(H,27,30)/t18-/m0/s1. The van der Waals surface area contributed by atoms with Crippen LogP contribution >= 0.6 is 22.9 Å². The molecule has 3 N–H and O–H groups in total. The number of benzene rings is 1. The zero-order chi connectivity index (χ0) is 22.1. The molecule has 166 valence electrons. The molecule has 1 amide bonds. The van der Waals surface area contributed by atoms with Gasteiger partial charge in [0.15, 0.2) is 11.0 Å². The molecule has 0 radical (unpaired) electrons. The van der Waals surface area contributed by atoms with Gasteiger partial charge in [0, 0.05) is 29.4 Å². The van der Waals surface area contributed by atoms with Crippen LogP contribution in [-0.4, -0.2) is 22.0 Å². The molecule has 2 aliphatic rings. The van der Waals surface area contributed by atoms with E-state index in [1.54, 1.807) is 11.3 Å². The summed E-state index contributed by atoms with van der Waals surface area (Å²) in [5.41, 5.74) is 2.81. The van der Waals surface area contributed by atoms with Gasteiger partial charge < -0.3 is 16.0 Å². The smallest absolute Gasteiger partial charge is 0.294 e. The summed E-state index contributed by atoms with van der Waals surface area (Å²) >= 11 is 8.10. The van der Waals surface area contributed by atoms with Crippen molar-refractivity contribution in [3.8, 4) is 0 Å². The minimum absolute atomic E-state index is 0.157. The molecule has 2 aromatic heterocycles. The molecule has 1 aromatic carbocycles. The molecule has 3 aromatic rings. The molecule has 0 bridgehead atoms. The van der Waals surface area contributed by atoms with Gasteiger partial charge in [-0.3, -0.25) is 14.2 Å². The second-order valence-electron chi connectivity index (χ2n) is 8.07. The van der Waals surface area contributed by atoms with E-state index in [9.17, 15) is 9.59 Å². The maximum atomic E-state index is 13.1. The Kier molecular flexibility index (Phi) is 5.99. The first-order valence-electron chi connectivity index (χ1n) is 10.8. The summed E-state index contributed by atoms with van der Waals surface area (Å²) in [6.45, 7) is 2.80. The first kappa shape index (κ1) is 21.2. The fourth-order valence-electron chi connectivity index (χ4n) is 4.35. The molecular weight excluding hydrogens is 446 g/mol. The topological polar surface area (TPSA) is 88.1 Å². The second kappa shape index (κ2) is 9.05. The number of fused-ring (bicyclic) bond motifs is 2. The quantitative estimate of drug-likeness (QED) is 0.495. The average Bonchev–Trinajstić information content (AvgIpc) is 3.51. The van der Waals surface area contributed by atoms with E-state index in [1.807, 2.05) is 30.3 Å². The molecule has 7 nitrogen and oxygen atoms in total. The van der Waals surface area contributed by atoms with Gasteiger partial charge >= 0.3 is 0 Å². The van der Waals surface area contributed by atoms with Crippen LogP contribution in [-0.2, 0) is 37.3 Å². The summed E-state index contributed by atoms with van der Waals surface area (Å²) in [7, 11) is 0. The van der Waals surface area contributed by atoms with Gasteiger partial charge in [-0.05, 0) is 36.5 Å². The summed E-state index contributed by atoms with van der Waals surface area (Å²) in [5.74, 6) is 0.0339. The van der Waals surface area contributed by atoms with Gasteiger partial charge in [-0.1, -0.05) is 41.9 Å². The van der Waals surface area contributed by atoms with Crippen molar-refractivity contribution in [2.75, 3.05) is 11.9 Å². The Balaban J connectivity index is 1.28. The summed E-state index contributed by atoms with van der Waals surface area (Å²) in [4.78, 5) is 32.8. The zero-order valence-electron chi connectivity index (χ0n) is 17.5. The SMILES string of the molecule is O=C(NCc1cc2c(s1)CNC2)[C@@H]1CCc2c(Cl)nc(NCCc3ccccc3)c(=O)n21. The maximum absolute atomic E-state index is 13.1. The van der Waals surface area contributed by atoms with E-state index in [1.165, 1.54) is 20.6 Å². The van der Waals surface area contributed by atoms with Crippen LogP contribution in [0.2, 0.25) is 5.15 Å². The molecule has 0 spiro atoms. The maximum Gasteiger partial charge on any atom is 0.294 e. The Morgan fingerprint density at radius 2 is 2.12 bits per heavy atom. The fourth-order valence-corrected chi connectivity index (χ4v) is 5.72. The monoisotopic (exact) mass is 469 g/mol. The fraction of sp³-hybridized carbons (Fsp3) is 0.348. The van der Waals surface area contributed by atoms with Crippen LogP contribution < -0.4 is 21.5 Å². The lowest BCUT2D eigenvalue weighted by Gasteiger charge is -2.16. The molecule has 5 rings (SSSR count). The van der Waals surface area contributed by atoms with Gasteiger partial charge in [0.1, 0.15) is 6.04 Å². The van der Waals surface area contributed by atoms with Gasteiger partial charge in [0.25, 0.3) is 5.56 Å². The van der Waals surface area contributed by atoms with Crippen molar-refractivity contribution in [1.82, 2.24) is 20.2 Å². The zero-order valence-corrected chi connectivity index (χ0v) is 19.1. The van der Waals surface area contributed by atoms with E-state index in [0.29, 0.717) is 31.6 Å². The molecule has 32 heavy (non-hydrogen) atoms. The van der Waals surface area contributed by atoms with Crippen LogP contribution in [0, 0.1) is 0 Å². The highest BCUT2D eigenvalue weighted by Gasteiger charge is 2.32. The van der Waals surface area contributed by atoms with Gasteiger partial charge in [0.05, 0.1) is 12.2 Å². The van der Waals surface area contributed by atoms with Crippen LogP contribution in [0.3, 0.4) is 0 Å². The van der Waals surface area contributed by atoms with Crippen molar-refractivity contribution < 1.29 is 4.79 Å². The predicted octanol–water partition coefficient (Wildman–Crippen LogP) is 3.02. The number of halogens is 1. The third-order valence-corrected chi connectivity index (χ3v) is 7.44. The molecular formula is C23H24ClN5O2S. The first-order chi connectivity index (χ1) is 15.6. The molecule has 0 unspecified atom stereocenters. The van der Waals surface area contributed by atoms with Crippen molar-refractivity contribution >= 4 is 34.7 Å². The molecule has 1 atom stereocenters. The lowest BCUT2D eigenvalue weighted by molar-refractivity contribution is -0.124. The lowest BCUT2D eigenvalue weighted by atomic mass is 10.1. The van der Waals surface area contributed by atoms with Crippen molar-refractivity contribution in [1.29, 1.82) is 0 Å². The summed E-state index contributed by atoms with van der Waals surface area (Å²) in [6.07, 6.45) is 1.86. The molecule has 9 heteroatoms. The minimum Gasteiger partial charge on any atom is -0.365 e. The third-order valence-electron chi connectivity index (χ3n) is 5.96. The van der Waals surface area contributed by atoms with E-state index in [4.69, 9.17) is 11.6 Å². The Bertz CT molecular complexity index is 1190. The van der Waals surface area contributed by atoms with Crippen LogP contribution in [0.15, 0.2) is 41.2 Å². The average molecular weight is 470 g/mol. The molecule has 2 aliphatic heterocycles. The number of aromatic nitrogens is 2. The highest BCUT2D eigenvalue weighted by molar-refractivity contribution is 7.12. The highest BCUT2D eigenvalue weighted by Crippen LogP contribution is 2.30. The molecule has 4 heterocycles. The van der Waals surface area contributed by atoms with Crippen molar-refractivity contribution in [3.05, 3.63) is 78.5 Å². The molecule has 0 saturated heterocycles. The number of carbonyl (C=O) groups is 1. The van der Waals surface area contributed by atoms with Gasteiger partial charge in [-0.15, -0.1) is 11.3 Å². The van der Waals surface area contributed by atoms with E-state index < -0.39 is 6.04 Å². The summed E-state index contributed by atoms with van der Waals surface area (Å²) < 4.78 is 1.52. The van der Waals surface area contributed by atoms with Crippen LogP contribution in [0.1, 0.15) is 39.0 Å². The summed E-state index contributed by atoms with van der Waals surface area (Å²) in [5, 5.41) is 9.71.